The van der Waals surface area contributed by atoms with E-state index in [-0.39, 0.29) is 17.8 Å². The molecule has 1 aliphatic carbocycles. The van der Waals surface area contributed by atoms with E-state index >= 15 is 0 Å². The first-order valence-corrected chi connectivity index (χ1v) is 7.06. The SMILES string of the molecule is CN1CCC(NC(=O)C2(C(N)=NO)CCCCC2)C1. The Labute approximate surface area is 114 Å². The minimum atomic E-state index is -0.797. The number of rotatable bonds is 3. The van der Waals surface area contributed by atoms with Crippen molar-refractivity contribution in [3.05, 3.63) is 0 Å². The summed E-state index contributed by atoms with van der Waals surface area (Å²) in [5, 5.41) is 15.2. The molecule has 2 aliphatic rings. The predicted molar refractivity (Wildman–Crippen MR) is 73.0 cm³/mol. The number of amidine groups is 1. The van der Waals surface area contributed by atoms with Crippen LogP contribution in [0.5, 0.6) is 0 Å². The van der Waals surface area contributed by atoms with E-state index in [1.165, 1.54) is 0 Å². The number of carbonyl (C=O) groups is 1. The maximum absolute atomic E-state index is 12.6. The number of nitrogens with one attached hydrogen (secondary N) is 1. The molecule has 4 N–H and O–H groups in total. The Morgan fingerprint density at radius 2 is 2.11 bits per heavy atom. The zero-order valence-corrected chi connectivity index (χ0v) is 11.6. The fraction of sp³-hybridized carbons (Fsp3) is 0.846. The first-order valence-electron chi connectivity index (χ1n) is 7.06. The van der Waals surface area contributed by atoms with Crippen molar-refractivity contribution in [1.29, 1.82) is 0 Å². The highest BCUT2D eigenvalue weighted by atomic mass is 16.4. The molecule has 1 saturated heterocycles. The molecule has 1 saturated carbocycles. The molecule has 2 rings (SSSR count). The van der Waals surface area contributed by atoms with E-state index in [0.717, 1.165) is 38.8 Å². The van der Waals surface area contributed by atoms with Crippen molar-refractivity contribution in [3.63, 3.8) is 0 Å². The Kier molecular flexibility index (Phi) is 4.29. The molecule has 1 unspecified atom stereocenters. The zero-order chi connectivity index (χ0) is 13.9. The number of likely N-dealkylation sites (N-methyl/N-ethyl adjacent to an activating group) is 1. The number of likely N-dealkylation sites (tertiary alicyclic amines) is 1. The first-order chi connectivity index (χ1) is 9.08. The fourth-order valence-corrected chi connectivity index (χ4v) is 3.23. The molecule has 108 valence electrons. The number of nitrogens with two attached hydrogens (primary N) is 1. The van der Waals surface area contributed by atoms with Crippen LogP contribution in [0, 0.1) is 5.41 Å². The van der Waals surface area contributed by atoms with Crippen LogP contribution in [-0.4, -0.2) is 48.0 Å². The lowest BCUT2D eigenvalue weighted by Crippen LogP contribution is -2.53. The van der Waals surface area contributed by atoms with Gasteiger partial charge in [0.25, 0.3) is 0 Å². The summed E-state index contributed by atoms with van der Waals surface area (Å²) in [6, 6.07) is 0.183. The van der Waals surface area contributed by atoms with E-state index in [9.17, 15) is 4.79 Å². The monoisotopic (exact) mass is 268 g/mol. The van der Waals surface area contributed by atoms with Crippen molar-refractivity contribution >= 4 is 11.7 Å². The van der Waals surface area contributed by atoms with Gasteiger partial charge in [0.2, 0.25) is 5.91 Å². The van der Waals surface area contributed by atoms with Gasteiger partial charge in [0.1, 0.15) is 5.41 Å². The standard InChI is InChI=1S/C13H24N4O2/c1-17-8-5-10(9-17)15-12(18)13(11(14)16-19)6-3-2-4-7-13/h10,19H,2-9H2,1H3,(H2,14,16)(H,15,18). The van der Waals surface area contributed by atoms with Crippen molar-refractivity contribution in [2.75, 3.05) is 20.1 Å². The molecular formula is C13H24N4O2. The van der Waals surface area contributed by atoms with Gasteiger partial charge in [-0.25, -0.2) is 0 Å². The summed E-state index contributed by atoms with van der Waals surface area (Å²) in [7, 11) is 2.05. The molecule has 1 heterocycles. The number of carbonyl (C=O) groups excluding carboxylic acids is 1. The topological polar surface area (TPSA) is 91.0 Å². The van der Waals surface area contributed by atoms with Crippen LogP contribution in [0.2, 0.25) is 0 Å². The smallest absolute Gasteiger partial charge is 0.234 e. The number of nitrogens with zero attached hydrogens (tertiary/aromatic N) is 2. The molecule has 0 aromatic carbocycles. The lowest BCUT2D eigenvalue weighted by molar-refractivity contribution is -0.129. The van der Waals surface area contributed by atoms with E-state index in [2.05, 4.69) is 15.4 Å². The molecule has 0 radical (unpaired) electrons. The maximum Gasteiger partial charge on any atom is 0.234 e. The van der Waals surface area contributed by atoms with E-state index in [1.54, 1.807) is 0 Å². The van der Waals surface area contributed by atoms with Gasteiger partial charge < -0.3 is 21.2 Å². The highest BCUT2D eigenvalue weighted by molar-refractivity contribution is 6.06. The van der Waals surface area contributed by atoms with Crippen LogP contribution < -0.4 is 11.1 Å². The Balaban J connectivity index is 2.07. The van der Waals surface area contributed by atoms with Gasteiger partial charge in [0.05, 0.1) is 0 Å². The van der Waals surface area contributed by atoms with E-state index < -0.39 is 5.41 Å². The zero-order valence-electron chi connectivity index (χ0n) is 11.6. The summed E-state index contributed by atoms with van der Waals surface area (Å²) in [6.07, 6.45) is 5.34. The van der Waals surface area contributed by atoms with Gasteiger partial charge >= 0.3 is 0 Å². The molecule has 2 fully saturated rings. The number of hydrogen-bond donors (Lipinski definition) is 3. The Hall–Kier alpha value is -1.30. The van der Waals surface area contributed by atoms with Crippen LogP contribution in [-0.2, 0) is 4.79 Å². The van der Waals surface area contributed by atoms with Crippen LogP contribution >= 0.6 is 0 Å². The minimum absolute atomic E-state index is 0.0658. The van der Waals surface area contributed by atoms with Gasteiger partial charge in [0.15, 0.2) is 5.84 Å². The molecule has 0 spiro atoms. The molecule has 0 bridgehead atoms. The van der Waals surface area contributed by atoms with Gasteiger partial charge in [-0.1, -0.05) is 24.4 Å². The number of hydrogen-bond acceptors (Lipinski definition) is 4. The van der Waals surface area contributed by atoms with Crippen LogP contribution in [0.3, 0.4) is 0 Å². The van der Waals surface area contributed by atoms with Crippen molar-refractivity contribution in [1.82, 2.24) is 10.2 Å². The Bertz CT molecular complexity index is 364. The summed E-state index contributed by atoms with van der Waals surface area (Å²) in [6.45, 7) is 1.87. The first kappa shape index (κ1) is 14.1. The second-order valence-corrected chi connectivity index (χ2v) is 5.85. The van der Waals surface area contributed by atoms with Crippen LogP contribution in [0.15, 0.2) is 5.16 Å². The van der Waals surface area contributed by atoms with Crippen LogP contribution in [0.1, 0.15) is 38.5 Å². The van der Waals surface area contributed by atoms with Gasteiger partial charge in [0, 0.05) is 12.6 Å². The Morgan fingerprint density at radius 1 is 1.42 bits per heavy atom. The summed E-state index contributed by atoms with van der Waals surface area (Å²) in [5.74, 6) is -0.00106. The molecule has 0 aromatic heterocycles. The molecule has 19 heavy (non-hydrogen) atoms. The molecular weight excluding hydrogens is 244 g/mol. The van der Waals surface area contributed by atoms with E-state index in [4.69, 9.17) is 10.9 Å². The highest BCUT2D eigenvalue weighted by Gasteiger charge is 2.44. The van der Waals surface area contributed by atoms with Crippen molar-refractivity contribution < 1.29 is 10.0 Å². The maximum atomic E-state index is 12.6. The van der Waals surface area contributed by atoms with Gasteiger partial charge in [-0.2, -0.15) is 0 Å². The largest absolute Gasteiger partial charge is 0.409 e. The molecule has 1 atom stereocenters. The average molecular weight is 268 g/mol. The fourth-order valence-electron chi connectivity index (χ4n) is 3.23. The third-order valence-corrected chi connectivity index (χ3v) is 4.47. The van der Waals surface area contributed by atoms with E-state index in [0.29, 0.717) is 12.8 Å². The summed E-state index contributed by atoms with van der Waals surface area (Å²) < 4.78 is 0. The van der Waals surface area contributed by atoms with Gasteiger partial charge in [-0.05, 0) is 32.9 Å². The number of oxime groups is 1. The molecule has 6 heteroatoms. The predicted octanol–water partition coefficient (Wildman–Crippen LogP) is 0.504. The minimum Gasteiger partial charge on any atom is -0.409 e. The van der Waals surface area contributed by atoms with Crippen molar-refractivity contribution in [2.45, 2.75) is 44.6 Å². The van der Waals surface area contributed by atoms with Crippen molar-refractivity contribution in [3.8, 4) is 0 Å². The third-order valence-electron chi connectivity index (χ3n) is 4.47. The molecule has 0 aromatic rings. The molecule has 6 nitrogen and oxygen atoms in total. The lowest BCUT2D eigenvalue weighted by atomic mass is 9.72. The summed E-state index contributed by atoms with van der Waals surface area (Å²) >= 11 is 0. The second kappa shape index (κ2) is 5.77. The van der Waals surface area contributed by atoms with Crippen LogP contribution in [0.25, 0.3) is 0 Å². The summed E-state index contributed by atoms with van der Waals surface area (Å²) in [4.78, 5) is 14.8. The average Bonchev–Trinajstić information content (AvgIpc) is 2.83. The molecule has 1 amide bonds. The number of amides is 1. The normalized spacial score (nSPS) is 28.3. The summed E-state index contributed by atoms with van der Waals surface area (Å²) in [5.41, 5.74) is 5.02. The van der Waals surface area contributed by atoms with E-state index in [1.807, 2.05) is 7.05 Å². The molecule has 1 aliphatic heterocycles. The third kappa shape index (κ3) is 2.83. The van der Waals surface area contributed by atoms with Crippen LogP contribution in [0.4, 0.5) is 0 Å². The van der Waals surface area contributed by atoms with Gasteiger partial charge in [-0.3, -0.25) is 4.79 Å². The second-order valence-electron chi connectivity index (χ2n) is 5.85. The Morgan fingerprint density at radius 3 is 2.63 bits per heavy atom. The van der Waals surface area contributed by atoms with Gasteiger partial charge in [-0.15, -0.1) is 0 Å². The highest BCUT2D eigenvalue weighted by Crippen LogP contribution is 2.37. The van der Waals surface area contributed by atoms with Crippen molar-refractivity contribution in [2.24, 2.45) is 16.3 Å². The lowest BCUT2D eigenvalue weighted by Gasteiger charge is -2.35. The quantitative estimate of drug-likeness (QED) is 0.301.